The van der Waals surface area contributed by atoms with Gasteiger partial charge in [0.15, 0.2) is 0 Å². The van der Waals surface area contributed by atoms with Crippen molar-refractivity contribution in [3.05, 3.63) is 45.1 Å². The van der Waals surface area contributed by atoms with E-state index in [-0.39, 0.29) is 11.8 Å². The van der Waals surface area contributed by atoms with Crippen molar-refractivity contribution in [3.63, 3.8) is 0 Å². The Hall–Kier alpha value is -1.52. The van der Waals surface area contributed by atoms with Gasteiger partial charge in [0.25, 0.3) is 0 Å². The molecular weight excluding hydrogens is 304 g/mol. The van der Waals surface area contributed by atoms with Gasteiger partial charge in [-0.05, 0) is 49.6 Å². The van der Waals surface area contributed by atoms with E-state index in [4.69, 9.17) is 17.3 Å². The highest BCUT2D eigenvalue weighted by Gasteiger charge is 2.28. The van der Waals surface area contributed by atoms with Crippen LogP contribution in [0.4, 0.5) is 11.4 Å². The third kappa shape index (κ3) is 2.65. The van der Waals surface area contributed by atoms with Crippen molar-refractivity contribution < 1.29 is 4.79 Å². The van der Waals surface area contributed by atoms with Crippen LogP contribution in [-0.2, 0) is 11.2 Å². The Bertz CT molecular complexity index is 683. The third-order valence-corrected chi connectivity index (χ3v) is 5.36. The van der Waals surface area contributed by atoms with Gasteiger partial charge < -0.3 is 10.6 Å². The normalized spacial score (nSPS) is 15.6. The number of benzene rings is 1. The van der Waals surface area contributed by atoms with E-state index in [0.29, 0.717) is 4.34 Å². The van der Waals surface area contributed by atoms with Crippen LogP contribution >= 0.6 is 22.9 Å². The van der Waals surface area contributed by atoms with Crippen LogP contribution in [0.5, 0.6) is 0 Å². The Morgan fingerprint density at radius 1 is 1.38 bits per heavy atom. The van der Waals surface area contributed by atoms with E-state index in [1.807, 2.05) is 42.2 Å². The maximum Gasteiger partial charge on any atom is 0.235 e. The zero-order valence-electron chi connectivity index (χ0n) is 11.8. The van der Waals surface area contributed by atoms with Crippen molar-refractivity contribution in [3.8, 4) is 0 Å². The SMILES string of the molecule is CC(C(=O)N1CCCc2c(N)cccc21)c1ccc(Cl)s1. The van der Waals surface area contributed by atoms with Gasteiger partial charge in [0.1, 0.15) is 0 Å². The number of fused-ring (bicyclic) bond motifs is 1. The Morgan fingerprint density at radius 3 is 2.90 bits per heavy atom. The van der Waals surface area contributed by atoms with Gasteiger partial charge in [-0.25, -0.2) is 0 Å². The van der Waals surface area contributed by atoms with E-state index in [0.717, 1.165) is 41.2 Å². The van der Waals surface area contributed by atoms with Gasteiger partial charge >= 0.3 is 0 Å². The Labute approximate surface area is 133 Å². The molecule has 0 aliphatic carbocycles. The van der Waals surface area contributed by atoms with E-state index < -0.39 is 0 Å². The van der Waals surface area contributed by atoms with Crippen LogP contribution in [0.25, 0.3) is 0 Å². The highest BCUT2D eigenvalue weighted by atomic mass is 35.5. The molecule has 0 saturated heterocycles. The summed E-state index contributed by atoms with van der Waals surface area (Å²) in [6.45, 7) is 2.68. The Balaban J connectivity index is 1.91. The van der Waals surface area contributed by atoms with Crippen LogP contribution < -0.4 is 10.6 Å². The first kappa shape index (κ1) is 14.4. The molecule has 3 rings (SSSR count). The fourth-order valence-corrected chi connectivity index (χ4v) is 3.90. The molecule has 0 radical (unpaired) electrons. The standard InChI is InChI=1S/C16H17ClN2OS/c1-10(14-7-8-15(17)21-14)16(20)19-9-3-4-11-12(18)5-2-6-13(11)19/h2,5-8,10H,3-4,9,18H2,1H3. The summed E-state index contributed by atoms with van der Waals surface area (Å²) in [6.07, 6.45) is 1.88. The maximum absolute atomic E-state index is 12.8. The fraction of sp³-hybridized carbons (Fsp3) is 0.312. The average molecular weight is 321 g/mol. The minimum absolute atomic E-state index is 0.111. The molecule has 1 aromatic carbocycles. The number of halogens is 1. The third-order valence-electron chi connectivity index (χ3n) is 3.94. The van der Waals surface area contributed by atoms with Crippen molar-refractivity contribution in [2.24, 2.45) is 0 Å². The lowest BCUT2D eigenvalue weighted by molar-refractivity contribution is -0.119. The zero-order valence-corrected chi connectivity index (χ0v) is 13.4. The van der Waals surface area contributed by atoms with E-state index in [2.05, 4.69) is 0 Å². The lowest BCUT2D eigenvalue weighted by atomic mass is 9.98. The molecule has 1 aliphatic rings. The summed E-state index contributed by atoms with van der Waals surface area (Å²) in [4.78, 5) is 15.7. The molecule has 1 atom stereocenters. The first-order valence-corrected chi connectivity index (χ1v) is 8.21. The first-order valence-electron chi connectivity index (χ1n) is 7.02. The molecule has 2 N–H and O–H groups in total. The molecule has 0 saturated carbocycles. The van der Waals surface area contributed by atoms with Gasteiger partial charge in [-0.1, -0.05) is 17.7 Å². The maximum atomic E-state index is 12.8. The second kappa shape index (κ2) is 5.70. The van der Waals surface area contributed by atoms with Crippen LogP contribution in [-0.4, -0.2) is 12.5 Å². The molecule has 1 aliphatic heterocycles. The summed E-state index contributed by atoms with van der Waals surface area (Å²) in [5.74, 6) is -0.0741. The summed E-state index contributed by atoms with van der Waals surface area (Å²) < 4.78 is 0.716. The Morgan fingerprint density at radius 2 is 2.19 bits per heavy atom. The molecule has 1 amide bonds. The minimum Gasteiger partial charge on any atom is -0.398 e. The van der Waals surface area contributed by atoms with Gasteiger partial charge in [0.05, 0.1) is 10.3 Å². The number of nitrogens with two attached hydrogens (primary N) is 1. The topological polar surface area (TPSA) is 46.3 Å². The molecule has 110 valence electrons. The smallest absolute Gasteiger partial charge is 0.235 e. The van der Waals surface area contributed by atoms with E-state index in [1.54, 1.807) is 0 Å². The summed E-state index contributed by atoms with van der Waals surface area (Å²) in [6, 6.07) is 9.56. The number of hydrogen-bond acceptors (Lipinski definition) is 3. The molecule has 3 nitrogen and oxygen atoms in total. The van der Waals surface area contributed by atoms with Crippen LogP contribution in [0, 0.1) is 0 Å². The summed E-state index contributed by atoms with van der Waals surface area (Å²) in [7, 11) is 0. The van der Waals surface area contributed by atoms with Gasteiger partial charge in [0.2, 0.25) is 5.91 Å². The van der Waals surface area contributed by atoms with Crippen molar-refractivity contribution >= 4 is 40.2 Å². The molecule has 0 fully saturated rings. The van der Waals surface area contributed by atoms with Gasteiger partial charge in [-0.3, -0.25) is 4.79 Å². The number of hydrogen-bond donors (Lipinski definition) is 1. The minimum atomic E-state index is -0.185. The molecule has 2 aromatic rings. The van der Waals surface area contributed by atoms with Crippen molar-refractivity contribution in [1.29, 1.82) is 0 Å². The van der Waals surface area contributed by atoms with Crippen molar-refractivity contribution in [1.82, 2.24) is 0 Å². The van der Waals surface area contributed by atoms with Crippen molar-refractivity contribution in [2.45, 2.75) is 25.7 Å². The lowest BCUT2D eigenvalue weighted by Crippen LogP contribution is -2.38. The molecule has 0 spiro atoms. The number of thiophene rings is 1. The van der Waals surface area contributed by atoms with Gasteiger partial charge in [-0.15, -0.1) is 11.3 Å². The number of carbonyl (C=O) groups excluding carboxylic acids is 1. The average Bonchev–Trinajstić information content (AvgIpc) is 2.92. The molecule has 5 heteroatoms. The summed E-state index contributed by atoms with van der Waals surface area (Å²) in [5.41, 5.74) is 8.87. The quantitative estimate of drug-likeness (QED) is 0.848. The number of amides is 1. The van der Waals surface area contributed by atoms with Gasteiger partial charge in [-0.2, -0.15) is 0 Å². The summed E-state index contributed by atoms with van der Waals surface area (Å²) in [5, 5.41) is 0. The first-order chi connectivity index (χ1) is 10.1. The fourth-order valence-electron chi connectivity index (χ4n) is 2.80. The second-order valence-electron chi connectivity index (χ2n) is 5.30. The lowest BCUT2D eigenvalue weighted by Gasteiger charge is -2.32. The van der Waals surface area contributed by atoms with Crippen LogP contribution in [0.2, 0.25) is 4.34 Å². The summed E-state index contributed by atoms with van der Waals surface area (Å²) >= 11 is 7.44. The molecule has 1 aromatic heterocycles. The number of anilines is 2. The van der Waals surface area contributed by atoms with E-state index in [9.17, 15) is 4.79 Å². The molecule has 21 heavy (non-hydrogen) atoms. The molecule has 1 unspecified atom stereocenters. The van der Waals surface area contributed by atoms with Crippen LogP contribution in [0.3, 0.4) is 0 Å². The highest BCUT2D eigenvalue weighted by molar-refractivity contribution is 7.16. The monoisotopic (exact) mass is 320 g/mol. The second-order valence-corrected chi connectivity index (χ2v) is 7.05. The predicted molar refractivity (Wildman–Crippen MR) is 89.3 cm³/mol. The largest absolute Gasteiger partial charge is 0.398 e. The van der Waals surface area contributed by atoms with Crippen molar-refractivity contribution in [2.75, 3.05) is 17.2 Å². The van der Waals surface area contributed by atoms with Crippen LogP contribution in [0.15, 0.2) is 30.3 Å². The van der Waals surface area contributed by atoms with E-state index >= 15 is 0 Å². The number of nitrogen functional groups attached to an aromatic ring is 1. The Kier molecular flexibility index (Phi) is 3.91. The molecular formula is C16H17ClN2OS. The number of rotatable bonds is 2. The molecule has 0 bridgehead atoms. The van der Waals surface area contributed by atoms with Gasteiger partial charge in [0, 0.05) is 22.8 Å². The van der Waals surface area contributed by atoms with E-state index in [1.165, 1.54) is 11.3 Å². The highest BCUT2D eigenvalue weighted by Crippen LogP contribution is 2.35. The zero-order chi connectivity index (χ0) is 15.0. The number of carbonyl (C=O) groups is 1. The number of nitrogens with zero attached hydrogens (tertiary/aromatic N) is 1. The van der Waals surface area contributed by atoms with Crippen LogP contribution in [0.1, 0.15) is 29.7 Å². The predicted octanol–water partition coefficient (Wildman–Crippen LogP) is 4.07. The molecule has 2 heterocycles.